The monoisotopic (exact) mass is 497 g/mol. The molecule has 2 aromatic rings. The molecular formula is C25H27N3O4S2. The Morgan fingerprint density at radius 2 is 1.85 bits per heavy atom. The predicted molar refractivity (Wildman–Crippen MR) is 138 cm³/mol. The molecule has 2 aliphatic rings. The molecule has 2 heterocycles. The molecule has 34 heavy (non-hydrogen) atoms. The van der Waals surface area contributed by atoms with Crippen LogP contribution in [-0.4, -0.2) is 49.3 Å². The van der Waals surface area contributed by atoms with E-state index in [0.717, 1.165) is 34.2 Å². The minimum atomic E-state index is -0.360. The number of nitrogens with zero attached hydrogens (tertiary/aromatic N) is 3. The third kappa shape index (κ3) is 4.81. The third-order valence-electron chi connectivity index (χ3n) is 5.44. The first-order valence-corrected chi connectivity index (χ1v) is 12.8. The first-order valence-electron chi connectivity index (χ1n) is 11.2. The molecule has 0 unspecified atom stereocenters. The Morgan fingerprint density at radius 3 is 2.53 bits per heavy atom. The molecule has 0 N–H and O–H groups in total. The average molecular weight is 498 g/mol. The SMILES string of the molecule is CCCCN1C(=O)/C(=C2/Sc3ccc(OC)cc3N2C)SC1=Nc1ccc(C(=O)OCC)cc1. The molecule has 0 radical (unpaired) electrons. The van der Waals surface area contributed by atoms with Crippen LogP contribution in [0.4, 0.5) is 11.4 Å². The quantitative estimate of drug-likeness (QED) is 0.362. The number of benzene rings is 2. The van der Waals surface area contributed by atoms with Gasteiger partial charge in [-0.3, -0.25) is 9.69 Å². The van der Waals surface area contributed by atoms with Crippen molar-refractivity contribution in [3.05, 3.63) is 58.0 Å². The average Bonchev–Trinajstić information content (AvgIpc) is 3.33. The zero-order valence-corrected chi connectivity index (χ0v) is 21.3. The first-order chi connectivity index (χ1) is 16.5. The van der Waals surface area contributed by atoms with Crippen molar-refractivity contribution in [1.82, 2.24) is 4.90 Å². The lowest BCUT2D eigenvalue weighted by molar-refractivity contribution is -0.122. The van der Waals surface area contributed by atoms with Crippen LogP contribution >= 0.6 is 23.5 Å². The molecule has 0 bridgehead atoms. The number of anilines is 1. The van der Waals surface area contributed by atoms with E-state index in [1.54, 1.807) is 55.0 Å². The van der Waals surface area contributed by atoms with Crippen LogP contribution in [0, 0.1) is 0 Å². The van der Waals surface area contributed by atoms with Crippen molar-refractivity contribution in [2.24, 2.45) is 4.99 Å². The summed E-state index contributed by atoms with van der Waals surface area (Å²) in [5.74, 6) is 0.386. The third-order valence-corrected chi connectivity index (χ3v) is 7.87. The summed E-state index contributed by atoms with van der Waals surface area (Å²) < 4.78 is 10.4. The number of carbonyl (C=O) groups is 2. The number of hydrogen-bond donors (Lipinski definition) is 0. The van der Waals surface area contributed by atoms with Gasteiger partial charge in [-0.05, 0) is 61.5 Å². The summed E-state index contributed by atoms with van der Waals surface area (Å²) in [6.07, 6.45) is 1.86. The number of rotatable bonds is 7. The number of thioether (sulfide) groups is 2. The highest BCUT2D eigenvalue weighted by atomic mass is 32.2. The number of unbranched alkanes of at least 4 members (excludes halogenated alkanes) is 1. The van der Waals surface area contributed by atoms with Gasteiger partial charge >= 0.3 is 5.97 Å². The Kier molecular flexibility index (Phi) is 7.53. The second-order valence-corrected chi connectivity index (χ2v) is 9.71. The number of aliphatic imine (C=N–C) groups is 1. The molecule has 1 fully saturated rings. The van der Waals surface area contributed by atoms with E-state index in [1.807, 2.05) is 30.1 Å². The second kappa shape index (κ2) is 10.6. The number of hydrogen-bond acceptors (Lipinski definition) is 8. The Hall–Kier alpha value is -2.91. The fourth-order valence-corrected chi connectivity index (χ4v) is 5.93. The van der Waals surface area contributed by atoms with Crippen molar-refractivity contribution in [1.29, 1.82) is 0 Å². The molecule has 1 amide bonds. The number of ether oxygens (including phenoxy) is 2. The van der Waals surface area contributed by atoms with Crippen LogP contribution < -0.4 is 9.64 Å². The van der Waals surface area contributed by atoms with E-state index < -0.39 is 0 Å². The highest BCUT2D eigenvalue weighted by Gasteiger charge is 2.39. The van der Waals surface area contributed by atoms with E-state index >= 15 is 0 Å². The summed E-state index contributed by atoms with van der Waals surface area (Å²) >= 11 is 2.98. The number of methoxy groups -OCH3 is 1. The van der Waals surface area contributed by atoms with Crippen LogP contribution in [0.15, 0.2) is 62.3 Å². The maximum absolute atomic E-state index is 13.5. The zero-order valence-electron chi connectivity index (χ0n) is 19.7. The van der Waals surface area contributed by atoms with Gasteiger partial charge in [0.2, 0.25) is 0 Å². The van der Waals surface area contributed by atoms with E-state index in [-0.39, 0.29) is 11.9 Å². The second-order valence-electron chi connectivity index (χ2n) is 7.70. The molecule has 0 aromatic heterocycles. The van der Waals surface area contributed by atoms with E-state index in [0.29, 0.717) is 34.5 Å². The minimum Gasteiger partial charge on any atom is -0.497 e. The molecular weight excluding hydrogens is 470 g/mol. The number of carbonyl (C=O) groups excluding carboxylic acids is 2. The van der Waals surface area contributed by atoms with Gasteiger partial charge in [-0.15, -0.1) is 0 Å². The van der Waals surface area contributed by atoms with Gasteiger partial charge in [0.1, 0.15) is 10.7 Å². The van der Waals surface area contributed by atoms with Crippen molar-refractivity contribution >= 4 is 51.9 Å². The van der Waals surface area contributed by atoms with Crippen LogP contribution in [0.3, 0.4) is 0 Å². The maximum atomic E-state index is 13.5. The molecule has 0 spiro atoms. The Morgan fingerprint density at radius 1 is 1.09 bits per heavy atom. The van der Waals surface area contributed by atoms with Gasteiger partial charge in [0.05, 0.1) is 35.7 Å². The predicted octanol–water partition coefficient (Wildman–Crippen LogP) is 5.65. The molecule has 9 heteroatoms. The summed E-state index contributed by atoms with van der Waals surface area (Å²) in [6.45, 7) is 4.81. The summed E-state index contributed by atoms with van der Waals surface area (Å²) in [7, 11) is 3.61. The van der Waals surface area contributed by atoms with Crippen LogP contribution in [0.25, 0.3) is 0 Å². The Labute approximate surface area is 208 Å². The summed E-state index contributed by atoms with van der Waals surface area (Å²) in [6, 6.07) is 12.9. The van der Waals surface area contributed by atoms with E-state index in [9.17, 15) is 9.59 Å². The molecule has 0 saturated carbocycles. The van der Waals surface area contributed by atoms with Crippen molar-refractivity contribution in [2.45, 2.75) is 31.6 Å². The van der Waals surface area contributed by atoms with Gasteiger partial charge in [-0.1, -0.05) is 25.1 Å². The van der Waals surface area contributed by atoms with Gasteiger partial charge in [0.15, 0.2) is 5.17 Å². The van der Waals surface area contributed by atoms with Crippen LogP contribution in [0.5, 0.6) is 5.75 Å². The number of amidine groups is 1. The maximum Gasteiger partial charge on any atom is 0.338 e. The molecule has 7 nitrogen and oxygen atoms in total. The van der Waals surface area contributed by atoms with Crippen molar-refractivity contribution in [3.8, 4) is 5.75 Å². The molecule has 2 aromatic carbocycles. The van der Waals surface area contributed by atoms with Gasteiger partial charge in [-0.2, -0.15) is 0 Å². The van der Waals surface area contributed by atoms with Crippen molar-refractivity contribution in [2.75, 3.05) is 32.2 Å². The van der Waals surface area contributed by atoms with E-state index in [4.69, 9.17) is 14.5 Å². The lowest BCUT2D eigenvalue weighted by Crippen LogP contribution is -2.30. The molecule has 178 valence electrons. The van der Waals surface area contributed by atoms with Gasteiger partial charge in [0, 0.05) is 24.6 Å². The normalized spacial score (nSPS) is 18.6. The van der Waals surface area contributed by atoms with Gasteiger partial charge in [0.25, 0.3) is 5.91 Å². The largest absolute Gasteiger partial charge is 0.497 e. The zero-order chi connectivity index (χ0) is 24.2. The van der Waals surface area contributed by atoms with Crippen LogP contribution in [-0.2, 0) is 9.53 Å². The van der Waals surface area contributed by atoms with Crippen molar-refractivity contribution in [3.63, 3.8) is 0 Å². The highest BCUT2D eigenvalue weighted by molar-refractivity contribution is 8.19. The van der Waals surface area contributed by atoms with Crippen LogP contribution in [0.1, 0.15) is 37.0 Å². The summed E-state index contributed by atoms with van der Waals surface area (Å²) in [4.78, 5) is 35.7. The fourth-order valence-electron chi connectivity index (χ4n) is 3.58. The highest BCUT2D eigenvalue weighted by Crippen LogP contribution is 2.51. The molecule has 2 aliphatic heterocycles. The van der Waals surface area contributed by atoms with E-state index in [1.165, 1.54) is 11.8 Å². The molecule has 4 rings (SSSR count). The topological polar surface area (TPSA) is 71.4 Å². The van der Waals surface area contributed by atoms with Gasteiger partial charge < -0.3 is 14.4 Å². The summed E-state index contributed by atoms with van der Waals surface area (Å²) in [5.41, 5.74) is 2.17. The Bertz CT molecular complexity index is 1160. The number of fused-ring (bicyclic) bond motifs is 1. The van der Waals surface area contributed by atoms with E-state index in [2.05, 4.69) is 6.92 Å². The first kappa shape index (κ1) is 24.2. The summed E-state index contributed by atoms with van der Waals surface area (Å²) in [5, 5.41) is 1.54. The molecule has 1 saturated heterocycles. The minimum absolute atomic E-state index is 0.0329. The molecule has 0 aliphatic carbocycles. The smallest absolute Gasteiger partial charge is 0.338 e. The number of amides is 1. The lowest BCUT2D eigenvalue weighted by atomic mass is 10.2. The molecule has 0 atom stereocenters. The Balaban J connectivity index is 1.65. The van der Waals surface area contributed by atoms with Crippen molar-refractivity contribution < 1.29 is 19.1 Å². The number of esters is 1. The standard InChI is InChI=1S/C25H27N3O4S2/c1-5-7-14-28-22(29)21(23-27(3)19-15-18(31-4)12-13-20(19)33-23)34-25(28)26-17-10-8-16(9-11-17)24(30)32-6-2/h8-13,15H,5-7,14H2,1-4H3/b23-21-,26-25?. The van der Waals surface area contributed by atoms with Crippen LogP contribution in [0.2, 0.25) is 0 Å². The fraction of sp³-hybridized carbons (Fsp3) is 0.320. The lowest BCUT2D eigenvalue weighted by Gasteiger charge is -2.16. The van der Waals surface area contributed by atoms with Gasteiger partial charge in [-0.25, -0.2) is 9.79 Å².